The lowest BCUT2D eigenvalue weighted by Crippen LogP contribution is -2.28. The summed E-state index contributed by atoms with van der Waals surface area (Å²) in [5, 5.41) is 9.04. The van der Waals surface area contributed by atoms with E-state index in [-0.39, 0.29) is 13.2 Å². The average Bonchev–Trinajstić information content (AvgIpc) is 3.39. The first kappa shape index (κ1) is 19.1. The van der Waals surface area contributed by atoms with Gasteiger partial charge in [-0.3, -0.25) is 4.79 Å². The number of rotatable bonds is 7. The third-order valence-electron chi connectivity index (χ3n) is 3.65. The average molecular weight is 391 g/mol. The Balaban J connectivity index is 1.76. The van der Waals surface area contributed by atoms with Crippen molar-refractivity contribution in [3.8, 4) is 28.6 Å². The van der Waals surface area contributed by atoms with Gasteiger partial charge in [-0.25, -0.2) is 9.48 Å². The molecule has 0 aliphatic heterocycles. The molecule has 7 heteroatoms. The van der Waals surface area contributed by atoms with Gasteiger partial charge in [0.05, 0.1) is 17.1 Å². The highest BCUT2D eigenvalue weighted by Gasteiger charge is 2.12. The van der Waals surface area contributed by atoms with Crippen LogP contribution in [0.1, 0.15) is 5.56 Å². The number of amides is 1. The predicted molar refractivity (Wildman–Crippen MR) is 109 cm³/mol. The highest BCUT2D eigenvalue weighted by molar-refractivity contribution is 7.13. The van der Waals surface area contributed by atoms with E-state index in [4.69, 9.17) is 11.2 Å². The van der Waals surface area contributed by atoms with Crippen molar-refractivity contribution >= 4 is 29.3 Å². The van der Waals surface area contributed by atoms with E-state index in [1.54, 1.807) is 22.1 Å². The Morgan fingerprint density at radius 3 is 2.79 bits per heavy atom. The van der Waals surface area contributed by atoms with Gasteiger partial charge in [0.25, 0.3) is 5.91 Å². The molecule has 140 valence electrons. The Hall–Kier alpha value is -3.63. The number of nitrogens with one attached hydrogen (secondary N) is 1. The lowest BCUT2D eigenvalue weighted by atomic mass is 10.2. The van der Waals surface area contributed by atoms with Crippen LogP contribution in [0.5, 0.6) is 0 Å². The summed E-state index contributed by atoms with van der Waals surface area (Å²) < 4.78 is 6.67. The van der Waals surface area contributed by atoms with Crippen LogP contribution >= 0.6 is 11.3 Å². The molecular formula is C21H17N3O3S. The molecule has 0 radical (unpaired) electrons. The number of ether oxygens (including phenoxy) is 1. The van der Waals surface area contributed by atoms with Gasteiger partial charge in [0, 0.05) is 17.8 Å². The molecule has 0 bridgehead atoms. The van der Waals surface area contributed by atoms with Gasteiger partial charge >= 0.3 is 5.97 Å². The third-order valence-corrected chi connectivity index (χ3v) is 4.53. The highest BCUT2D eigenvalue weighted by atomic mass is 32.1. The predicted octanol–water partition coefficient (Wildman–Crippen LogP) is 2.91. The van der Waals surface area contributed by atoms with Gasteiger partial charge in [-0.1, -0.05) is 30.2 Å². The number of thiophene rings is 1. The van der Waals surface area contributed by atoms with Gasteiger partial charge in [0.2, 0.25) is 0 Å². The van der Waals surface area contributed by atoms with Crippen LogP contribution < -0.4 is 5.32 Å². The van der Waals surface area contributed by atoms with Crippen molar-refractivity contribution in [2.45, 2.75) is 0 Å². The normalized spacial score (nSPS) is 10.5. The summed E-state index contributed by atoms with van der Waals surface area (Å²) in [6.07, 6.45) is 9.80. The minimum absolute atomic E-state index is 0.0923. The van der Waals surface area contributed by atoms with E-state index in [9.17, 15) is 9.59 Å². The van der Waals surface area contributed by atoms with Crippen LogP contribution in [-0.4, -0.2) is 34.8 Å². The number of esters is 1. The van der Waals surface area contributed by atoms with Crippen LogP contribution in [0, 0.1) is 12.3 Å². The second-order valence-electron chi connectivity index (χ2n) is 5.61. The van der Waals surface area contributed by atoms with E-state index in [2.05, 4.69) is 16.3 Å². The van der Waals surface area contributed by atoms with Crippen LogP contribution in [0.3, 0.4) is 0 Å². The molecule has 6 nitrogen and oxygen atoms in total. The molecule has 2 aromatic heterocycles. The zero-order chi connectivity index (χ0) is 19.8. The molecule has 1 N–H and O–H groups in total. The van der Waals surface area contributed by atoms with E-state index >= 15 is 0 Å². The van der Waals surface area contributed by atoms with Gasteiger partial charge in [-0.05, 0) is 29.7 Å². The molecule has 0 unspecified atom stereocenters. The fourth-order valence-electron chi connectivity index (χ4n) is 2.37. The first-order chi connectivity index (χ1) is 13.7. The van der Waals surface area contributed by atoms with Crippen molar-refractivity contribution in [1.29, 1.82) is 0 Å². The van der Waals surface area contributed by atoms with E-state index in [0.29, 0.717) is 0 Å². The summed E-state index contributed by atoms with van der Waals surface area (Å²) >= 11 is 1.56. The van der Waals surface area contributed by atoms with Crippen LogP contribution in [0.15, 0.2) is 60.1 Å². The lowest BCUT2D eigenvalue weighted by Gasteiger charge is -2.01. The van der Waals surface area contributed by atoms with Crippen molar-refractivity contribution in [2.24, 2.45) is 0 Å². The van der Waals surface area contributed by atoms with Gasteiger partial charge in [-0.2, -0.15) is 5.10 Å². The van der Waals surface area contributed by atoms with E-state index in [0.717, 1.165) is 21.8 Å². The lowest BCUT2D eigenvalue weighted by molar-refractivity contribution is -0.143. The van der Waals surface area contributed by atoms with Crippen molar-refractivity contribution in [3.63, 3.8) is 0 Å². The second kappa shape index (κ2) is 9.35. The fraction of sp³-hybridized carbons (Fsp3) is 0.0952. The fourth-order valence-corrected chi connectivity index (χ4v) is 3.10. The standard InChI is InChI=1S/C21H17N3O3S/c1-2-12-22-19(25)15-27-20(26)11-10-16-14-24(17-7-4-3-5-8-17)23-21(16)18-9-6-13-28-18/h1,3-11,13-14H,12,15H2,(H,22,25)/b11-10+. The van der Waals surface area contributed by atoms with Crippen molar-refractivity contribution in [3.05, 3.63) is 65.7 Å². The summed E-state index contributed by atoms with van der Waals surface area (Å²) in [6.45, 7) is -0.291. The molecule has 0 saturated heterocycles. The molecule has 1 aromatic carbocycles. The number of hydrogen-bond donors (Lipinski definition) is 1. The number of para-hydroxylation sites is 1. The summed E-state index contributed by atoms with van der Waals surface area (Å²) in [5.41, 5.74) is 2.43. The molecule has 0 atom stereocenters. The summed E-state index contributed by atoms with van der Waals surface area (Å²) in [7, 11) is 0. The third kappa shape index (κ3) is 4.96. The Bertz CT molecular complexity index is 1020. The number of hydrogen-bond acceptors (Lipinski definition) is 5. The van der Waals surface area contributed by atoms with Gasteiger partial charge in [0.15, 0.2) is 6.61 Å². The van der Waals surface area contributed by atoms with Crippen LogP contribution in [0.25, 0.3) is 22.3 Å². The number of carbonyl (C=O) groups excluding carboxylic acids is 2. The van der Waals surface area contributed by atoms with Crippen LogP contribution in [-0.2, 0) is 14.3 Å². The number of nitrogens with zero attached hydrogens (tertiary/aromatic N) is 2. The quantitative estimate of drug-likeness (QED) is 0.382. The zero-order valence-electron chi connectivity index (χ0n) is 14.9. The molecule has 0 saturated carbocycles. The van der Waals surface area contributed by atoms with Gasteiger partial charge in [0.1, 0.15) is 5.69 Å². The molecular weight excluding hydrogens is 374 g/mol. The van der Waals surface area contributed by atoms with Crippen molar-refractivity contribution in [1.82, 2.24) is 15.1 Å². The Kier molecular flexibility index (Phi) is 6.39. The van der Waals surface area contributed by atoms with Gasteiger partial charge < -0.3 is 10.1 Å². The summed E-state index contributed by atoms with van der Waals surface area (Å²) in [4.78, 5) is 24.3. The van der Waals surface area contributed by atoms with Crippen molar-refractivity contribution in [2.75, 3.05) is 13.2 Å². The highest BCUT2D eigenvalue weighted by Crippen LogP contribution is 2.28. The maximum atomic E-state index is 11.9. The number of aromatic nitrogens is 2. The molecule has 0 spiro atoms. The maximum Gasteiger partial charge on any atom is 0.331 e. The summed E-state index contributed by atoms with van der Waals surface area (Å²) in [5.74, 6) is 1.20. The molecule has 2 heterocycles. The molecule has 3 aromatic rings. The minimum Gasteiger partial charge on any atom is -0.452 e. The monoisotopic (exact) mass is 391 g/mol. The maximum absolute atomic E-state index is 11.9. The summed E-state index contributed by atoms with van der Waals surface area (Å²) in [6, 6.07) is 13.6. The van der Waals surface area contributed by atoms with Crippen LogP contribution in [0.2, 0.25) is 0 Å². The first-order valence-corrected chi connectivity index (χ1v) is 9.29. The Morgan fingerprint density at radius 1 is 1.25 bits per heavy atom. The molecule has 1 amide bonds. The van der Waals surface area contributed by atoms with Crippen LogP contribution in [0.4, 0.5) is 0 Å². The van der Waals surface area contributed by atoms with Gasteiger partial charge in [-0.15, -0.1) is 17.8 Å². The molecule has 0 aliphatic carbocycles. The number of terminal acetylenes is 1. The SMILES string of the molecule is C#CCNC(=O)COC(=O)/C=C/c1cn(-c2ccccc2)nc1-c1cccs1. The first-order valence-electron chi connectivity index (χ1n) is 8.41. The minimum atomic E-state index is -0.625. The number of carbonyl (C=O) groups is 2. The number of benzene rings is 1. The van der Waals surface area contributed by atoms with E-state index in [1.807, 2.05) is 54.0 Å². The largest absolute Gasteiger partial charge is 0.452 e. The topological polar surface area (TPSA) is 73.2 Å². The molecule has 0 aliphatic rings. The second-order valence-corrected chi connectivity index (χ2v) is 6.56. The molecule has 28 heavy (non-hydrogen) atoms. The zero-order valence-corrected chi connectivity index (χ0v) is 15.7. The van der Waals surface area contributed by atoms with E-state index < -0.39 is 11.9 Å². The van der Waals surface area contributed by atoms with E-state index in [1.165, 1.54) is 6.08 Å². The molecule has 0 fully saturated rings. The van der Waals surface area contributed by atoms with Crippen molar-refractivity contribution < 1.29 is 14.3 Å². The molecule has 3 rings (SSSR count). The smallest absolute Gasteiger partial charge is 0.331 e. The Morgan fingerprint density at radius 2 is 2.07 bits per heavy atom. The Labute approximate surface area is 166 Å².